The van der Waals surface area contributed by atoms with E-state index < -0.39 is 110 Å². The molecule has 0 aliphatic heterocycles. The molecule has 0 saturated carbocycles. The summed E-state index contributed by atoms with van der Waals surface area (Å²) in [5, 5.41) is 64.5. The molecular weight excluding hydrogens is 440 g/mol. The minimum absolute atomic E-state index is 0.502. The van der Waals surface area contributed by atoms with E-state index in [1.54, 1.807) is 0 Å². The van der Waals surface area contributed by atoms with Crippen molar-refractivity contribution < 1.29 is 69.3 Å². The van der Waals surface area contributed by atoms with Crippen LogP contribution in [0.2, 0.25) is 0 Å². The van der Waals surface area contributed by atoms with Gasteiger partial charge < -0.3 is 35.7 Å². The predicted molar refractivity (Wildman–Crippen MR) is 98.7 cm³/mol. The zero-order valence-corrected chi connectivity index (χ0v) is 16.7. The number of hydrogen-bond donors (Lipinski definition) is 7. The van der Waals surface area contributed by atoms with Crippen molar-refractivity contribution in [3.63, 3.8) is 0 Å². The Hall–Kier alpha value is -3.71. The third kappa shape index (κ3) is 8.57. The summed E-state index contributed by atoms with van der Waals surface area (Å²) in [6, 6.07) is 0. The number of carboxylic acid groups (broad SMARTS) is 7. The van der Waals surface area contributed by atoms with Crippen LogP contribution in [0.1, 0.15) is 44.9 Å². The monoisotopic (exact) mass is 464 g/mol. The first-order valence-electron chi connectivity index (χ1n) is 9.22. The van der Waals surface area contributed by atoms with Gasteiger partial charge in [0.05, 0.1) is 17.8 Å². The molecule has 14 nitrogen and oxygen atoms in total. The van der Waals surface area contributed by atoms with Crippen LogP contribution in [0.25, 0.3) is 0 Å². The predicted octanol–water partition coefficient (Wildman–Crippen LogP) is 0.144. The van der Waals surface area contributed by atoms with Crippen molar-refractivity contribution in [2.75, 3.05) is 0 Å². The molecule has 0 rings (SSSR count). The van der Waals surface area contributed by atoms with Gasteiger partial charge in [-0.3, -0.25) is 33.6 Å². The molecule has 0 amide bonds. The maximum Gasteiger partial charge on any atom is 0.321 e. The molecule has 7 N–H and O–H groups in total. The minimum Gasteiger partial charge on any atom is -0.481 e. The Kier molecular flexibility index (Phi) is 10.8. The van der Waals surface area contributed by atoms with Gasteiger partial charge in [0.25, 0.3) is 0 Å². The molecule has 0 aromatic heterocycles. The lowest BCUT2D eigenvalue weighted by atomic mass is 9.70. The maximum atomic E-state index is 11.9. The van der Waals surface area contributed by atoms with Crippen LogP contribution >= 0.6 is 0 Å². The Bertz CT molecular complexity index is 756. The number of carboxylic acids is 7. The van der Waals surface area contributed by atoms with Gasteiger partial charge in [-0.25, -0.2) is 0 Å². The normalized spacial score (nSPS) is 14.0. The summed E-state index contributed by atoms with van der Waals surface area (Å²) in [5.74, 6) is -17.1. The summed E-state index contributed by atoms with van der Waals surface area (Å²) < 4.78 is 0. The highest BCUT2D eigenvalue weighted by molar-refractivity contribution is 5.99. The van der Waals surface area contributed by atoms with E-state index in [1.807, 2.05) is 0 Å². The molecular formula is C18H24O14. The Morgan fingerprint density at radius 2 is 0.875 bits per heavy atom. The Morgan fingerprint density at radius 3 is 1.19 bits per heavy atom. The fourth-order valence-corrected chi connectivity index (χ4v) is 3.23. The van der Waals surface area contributed by atoms with Crippen LogP contribution in [0, 0.1) is 23.2 Å². The van der Waals surface area contributed by atoms with Crippen molar-refractivity contribution in [3.05, 3.63) is 0 Å². The second-order valence-electron chi connectivity index (χ2n) is 7.31. The van der Waals surface area contributed by atoms with E-state index in [0.29, 0.717) is 0 Å². The molecule has 0 radical (unpaired) electrons. The Labute approximate surface area is 180 Å². The van der Waals surface area contributed by atoms with Gasteiger partial charge in [-0.15, -0.1) is 0 Å². The van der Waals surface area contributed by atoms with E-state index in [2.05, 4.69) is 0 Å². The highest BCUT2D eigenvalue weighted by Crippen LogP contribution is 2.39. The molecule has 32 heavy (non-hydrogen) atoms. The Morgan fingerprint density at radius 1 is 0.531 bits per heavy atom. The quantitative estimate of drug-likeness (QED) is 0.141. The zero-order chi connectivity index (χ0) is 25.2. The Balaban J connectivity index is 6.04. The number of hydrogen-bond acceptors (Lipinski definition) is 7. The lowest BCUT2D eigenvalue weighted by molar-refractivity contribution is -0.169. The van der Waals surface area contributed by atoms with Gasteiger partial charge in [-0.05, 0) is 32.1 Å². The van der Waals surface area contributed by atoms with E-state index in [4.69, 9.17) is 10.2 Å². The van der Waals surface area contributed by atoms with E-state index in [0.717, 1.165) is 0 Å². The summed E-state index contributed by atoms with van der Waals surface area (Å²) in [6.45, 7) is 0. The summed E-state index contributed by atoms with van der Waals surface area (Å²) in [7, 11) is 0. The van der Waals surface area contributed by atoms with Crippen molar-refractivity contribution in [1.82, 2.24) is 0 Å². The molecule has 0 bridgehead atoms. The van der Waals surface area contributed by atoms with Crippen LogP contribution in [0.15, 0.2) is 0 Å². The van der Waals surface area contributed by atoms with E-state index >= 15 is 0 Å². The first-order valence-corrected chi connectivity index (χ1v) is 9.22. The van der Waals surface area contributed by atoms with Crippen LogP contribution in [-0.2, 0) is 33.6 Å². The molecule has 180 valence electrons. The minimum atomic E-state index is -2.97. The first kappa shape index (κ1) is 28.3. The van der Waals surface area contributed by atoms with Crippen molar-refractivity contribution in [2.45, 2.75) is 44.9 Å². The summed E-state index contributed by atoms with van der Waals surface area (Å²) in [4.78, 5) is 79.6. The van der Waals surface area contributed by atoms with Gasteiger partial charge >= 0.3 is 41.8 Å². The van der Waals surface area contributed by atoms with Crippen molar-refractivity contribution in [1.29, 1.82) is 0 Å². The highest BCUT2D eigenvalue weighted by atomic mass is 16.4. The van der Waals surface area contributed by atoms with Crippen LogP contribution < -0.4 is 0 Å². The van der Waals surface area contributed by atoms with Crippen LogP contribution in [0.5, 0.6) is 0 Å². The van der Waals surface area contributed by atoms with Crippen molar-refractivity contribution in [2.24, 2.45) is 23.2 Å². The summed E-state index contributed by atoms with van der Waals surface area (Å²) in [6.07, 6.45) is -5.61. The van der Waals surface area contributed by atoms with Crippen LogP contribution in [0.4, 0.5) is 0 Å². The SMILES string of the molecule is O=C(O)CCC(CC(CC(CC(CCC(=O)O)C(=O)O)(C(=O)O)C(=O)O)C(=O)O)C(=O)O. The van der Waals surface area contributed by atoms with Crippen LogP contribution in [-0.4, -0.2) is 77.5 Å². The fourth-order valence-electron chi connectivity index (χ4n) is 3.23. The van der Waals surface area contributed by atoms with Gasteiger partial charge in [-0.2, -0.15) is 0 Å². The number of carbonyl (C=O) groups is 7. The van der Waals surface area contributed by atoms with E-state index in [-0.39, 0.29) is 0 Å². The molecule has 0 aliphatic rings. The lowest BCUT2D eigenvalue weighted by Gasteiger charge is -2.30. The van der Waals surface area contributed by atoms with Crippen molar-refractivity contribution >= 4 is 41.8 Å². The second-order valence-corrected chi connectivity index (χ2v) is 7.31. The molecule has 0 fully saturated rings. The third-order valence-electron chi connectivity index (χ3n) is 5.04. The molecule has 3 unspecified atom stereocenters. The zero-order valence-electron chi connectivity index (χ0n) is 16.7. The van der Waals surface area contributed by atoms with Gasteiger partial charge in [0.15, 0.2) is 5.41 Å². The van der Waals surface area contributed by atoms with E-state index in [9.17, 15) is 59.1 Å². The topological polar surface area (TPSA) is 261 Å². The number of aliphatic carboxylic acids is 7. The first-order chi connectivity index (χ1) is 14.6. The largest absolute Gasteiger partial charge is 0.481 e. The fraction of sp³-hybridized carbons (Fsp3) is 0.611. The standard InChI is InChI=1S/C18H24O14/c19-11(20)3-1-8(13(23)24)5-10(15(27)28)7-18(16(29)30,17(31)32)6-9(14(25)26)2-4-12(21)22/h8-10H,1-7H2,(H,19,20)(H,21,22)(H,23,24)(H,25,26)(H,27,28)(H,29,30)(H,31,32). The molecule has 0 heterocycles. The smallest absolute Gasteiger partial charge is 0.321 e. The average molecular weight is 464 g/mol. The lowest BCUT2D eigenvalue weighted by Crippen LogP contribution is -2.45. The maximum absolute atomic E-state index is 11.9. The second kappa shape index (κ2) is 12.2. The third-order valence-corrected chi connectivity index (χ3v) is 5.04. The highest BCUT2D eigenvalue weighted by Gasteiger charge is 2.52. The van der Waals surface area contributed by atoms with Gasteiger partial charge in [0, 0.05) is 12.8 Å². The molecule has 0 spiro atoms. The van der Waals surface area contributed by atoms with E-state index in [1.165, 1.54) is 0 Å². The molecule has 0 saturated heterocycles. The number of rotatable bonds is 17. The van der Waals surface area contributed by atoms with Crippen molar-refractivity contribution in [3.8, 4) is 0 Å². The van der Waals surface area contributed by atoms with Gasteiger partial charge in [0.1, 0.15) is 0 Å². The van der Waals surface area contributed by atoms with Gasteiger partial charge in [-0.1, -0.05) is 0 Å². The average Bonchev–Trinajstić information content (AvgIpc) is 2.64. The summed E-state index contributed by atoms with van der Waals surface area (Å²) in [5.41, 5.74) is -2.97. The van der Waals surface area contributed by atoms with Gasteiger partial charge in [0.2, 0.25) is 0 Å². The van der Waals surface area contributed by atoms with Crippen LogP contribution in [0.3, 0.4) is 0 Å². The molecule has 14 heteroatoms. The molecule has 3 atom stereocenters. The molecule has 0 aromatic carbocycles. The molecule has 0 aliphatic carbocycles. The molecule has 0 aromatic rings. The summed E-state index contributed by atoms with van der Waals surface area (Å²) >= 11 is 0.